The molecule has 0 unspecified atom stereocenters. The molecule has 0 radical (unpaired) electrons. The number of pyridine rings is 1. The molecule has 0 saturated heterocycles. The van der Waals surface area contributed by atoms with Crippen molar-refractivity contribution in [2.75, 3.05) is 11.5 Å². The van der Waals surface area contributed by atoms with Crippen LogP contribution in [-0.4, -0.2) is 20.2 Å². The molecule has 0 aliphatic carbocycles. The second-order valence-corrected chi connectivity index (χ2v) is 4.17. The molecule has 4 N–H and O–H groups in total. The van der Waals surface area contributed by atoms with E-state index >= 15 is 0 Å². The van der Waals surface area contributed by atoms with E-state index in [0.29, 0.717) is 22.9 Å². The smallest absolute Gasteiger partial charge is 0.242 e. The lowest BCUT2D eigenvalue weighted by atomic mass is 10.2. The number of aromatic nitrogens is 4. The molecule has 0 aliphatic rings. The second-order valence-electron chi connectivity index (χ2n) is 4.17. The summed E-state index contributed by atoms with van der Waals surface area (Å²) in [6, 6.07) is 12.9. The highest BCUT2D eigenvalue weighted by Gasteiger charge is 2.15. The third-order valence-electron chi connectivity index (χ3n) is 2.70. The van der Waals surface area contributed by atoms with Gasteiger partial charge >= 0.3 is 0 Å². The Bertz CT molecular complexity index is 762. The van der Waals surface area contributed by atoms with Gasteiger partial charge in [0.25, 0.3) is 0 Å². The highest BCUT2D eigenvalue weighted by atomic mass is 16.5. The summed E-state index contributed by atoms with van der Waals surface area (Å²) in [6.07, 6.45) is 1.62. The van der Waals surface area contributed by atoms with Gasteiger partial charge in [-0.05, 0) is 24.3 Å². The van der Waals surface area contributed by atoms with E-state index in [4.69, 9.17) is 16.2 Å². The van der Waals surface area contributed by atoms with Gasteiger partial charge < -0.3 is 16.2 Å². The van der Waals surface area contributed by atoms with Crippen LogP contribution in [0.25, 0.3) is 11.4 Å². The zero-order chi connectivity index (χ0) is 14.7. The first-order chi connectivity index (χ1) is 10.2. The lowest BCUT2D eigenvalue weighted by molar-refractivity contribution is 0.482. The Morgan fingerprint density at radius 3 is 2.43 bits per heavy atom. The Morgan fingerprint density at radius 1 is 0.857 bits per heavy atom. The lowest BCUT2D eigenvalue weighted by Crippen LogP contribution is -2.05. The average Bonchev–Trinajstić information content (AvgIpc) is 2.49. The number of hydrogen-bond acceptors (Lipinski definition) is 7. The molecular formula is C14H12N6O. The van der Waals surface area contributed by atoms with Crippen molar-refractivity contribution in [3.05, 3.63) is 48.7 Å². The van der Waals surface area contributed by atoms with Crippen LogP contribution in [-0.2, 0) is 0 Å². The van der Waals surface area contributed by atoms with Gasteiger partial charge in [-0.15, -0.1) is 10.2 Å². The predicted molar refractivity (Wildman–Crippen MR) is 78.4 cm³/mol. The first-order valence-electron chi connectivity index (χ1n) is 6.18. The normalized spacial score (nSPS) is 10.3. The number of nitrogens with zero attached hydrogens (tertiary/aromatic N) is 4. The highest BCUT2D eigenvalue weighted by Crippen LogP contribution is 2.32. The number of rotatable bonds is 3. The number of nitrogen functional groups attached to an aromatic ring is 2. The van der Waals surface area contributed by atoms with Crippen molar-refractivity contribution in [2.45, 2.75) is 0 Å². The van der Waals surface area contributed by atoms with Crippen molar-refractivity contribution in [1.29, 1.82) is 0 Å². The number of benzene rings is 1. The van der Waals surface area contributed by atoms with Crippen LogP contribution in [0.4, 0.5) is 11.8 Å². The number of para-hydroxylation sites is 1. The van der Waals surface area contributed by atoms with Crippen molar-refractivity contribution >= 4 is 11.8 Å². The van der Waals surface area contributed by atoms with E-state index in [-0.39, 0.29) is 11.8 Å². The molecule has 0 bridgehead atoms. The van der Waals surface area contributed by atoms with Crippen LogP contribution in [0.3, 0.4) is 0 Å². The molecule has 0 amide bonds. The van der Waals surface area contributed by atoms with Crippen LogP contribution in [0.15, 0.2) is 48.7 Å². The first kappa shape index (κ1) is 12.8. The Labute approximate surface area is 120 Å². The van der Waals surface area contributed by atoms with E-state index in [0.717, 1.165) is 0 Å². The second kappa shape index (κ2) is 5.41. The lowest BCUT2D eigenvalue weighted by Gasteiger charge is -2.10. The summed E-state index contributed by atoms with van der Waals surface area (Å²) in [7, 11) is 0. The maximum absolute atomic E-state index is 5.83. The van der Waals surface area contributed by atoms with Gasteiger partial charge in [0.2, 0.25) is 5.95 Å². The minimum atomic E-state index is 0.0118. The first-order valence-corrected chi connectivity index (χ1v) is 6.18. The van der Waals surface area contributed by atoms with Crippen LogP contribution < -0.4 is 16.2 Å². The van der Waals surface area contributed by atoms with Gasteiger partial charge in [-0.3, -0.25) is 4.98 Å². The van der Waals surface area contributed by atoms with Crippen LogP contribution in [0, 0.1) is 0 Å². The molecule has 21 heavy (non-hydrogen) atoms. The minimum Gasteiger partial charge on any atom is -0.455 e. The van der Waals surface area contributed by atoms with E-state index in [2.05, 4.69) is 20.2 Å². The Kier molecular flexibility index (Phi) is 3.30. The largest absolute Gasteiger partial charge is 0.455 e. The summed E-state index contributed by atoms with van der Waals surface area (Å²) in [4.78, 5) is 8.13. The third kappa shape index (κ3) is 2.71. The third-order valence-corrected chi connectivity index (χ3v) is 2.70. The molecule has 0 aliphatic heterocycles. The fraction of sp³-hybridized carbons (Fsp3) is 0. The SMILES string of the molecule is Nc1nnc(-c2ncccc2Oc2ccccc2)c(N)n1. The molecule has 3 rings (SSSR count). The molecule has 0 saturated carbocycles. The van der Waals surface area contributed by atoms with E-state index < -0.39 is 0 Å². The monoisotopic (exact) mass is 280 g/mol. The topological polar surface area (TPSA) is 113 Å². The van der Waals surface area contributed by atoms with Gasteiger partial charge in [0.1, 0.15) is 11.4 Å². The van der Waals surface area contributed by atoms with Crippen LogP contribution >= 0.6 is 0 Å². The minimum absolute atomic E-state index is 0.0118. The molecule has 7 heteroatoms. The Balaban J connectivity index is 2.03. The van der Waals surface area contributed by atoms with Crippen molar-refractivity contribution in [1.82, 2.24) is 20.2 Å². The molecular weight excluding hydrogens is 268 g/mol. The fourth-order valence-electron chi connectivity index (χ4n) is 1.79. The number of ether oxygens (including phenoxy) is 1. The van der Waals surface area contributed by atoms with Crippen molar-refractivity contribution in [2.24, 2.45) is 0 Å². The molecule has 104 valence electrons. The quantitative estimate of drug-likeness (QED) is 0.753. The summed E-state index contributed by atoms with van der Waals surface area (Å²) in [5.74, 6) is 1.36. The summed E-state index contributed by atoms with van der Waals surface area (Å²) in [5, 5.41) is 7.65. The van der Waals surface area contributed by atoms with Gasteiger partial charge in [0.05, 0.1) is 0 Å². The van der Waals surface area contributed by atoms with E-state index in [1.807, 2.05) is 30.3 Å². The predicted octanol–water partition coefficient (Wildman–Crippen LogP) is 1.89. The van der Waals surface area contributed by atoms with Gasteiger partial charge in [-0.1, -0.05) is 18.2 Å². The highest BCUT2D eigenvalue weighted by molar-refractivity contribution is 5.71. The fourth-order valence-corrected chi connectivity index (χ4v) is 1.79. The van der Waals surface area contributed by atoms with E-state index in [1.165, 1.54) is 0 Å². The number of hydrogen-bond donors (Lipinski definition) is 2. The van der Waals surface area contributed by atoms with Crippen molar-refractivity contribution < 1.29 is 4.74 Å². The zero-order valence-corrected chi connectivity index (χ0v) is 11.0. The molecule has 1 aromatic carbocycles. The summed E-state index contributed by atoms with van der Waals surface area (Å²) < 4.78 is 5.80. The van der Waals surface area contributed by atoms with Crippen LogP contribution in [0.2, 0.25) is 0 Å². The van der Waals surface area contributed by atoms with Gasteiger partial charge in [0, 0.05) is 6.20 Å². The van der Waals surface area contributed by atoms with Gasteiger partial charge in [0.15, 0.2) is 17.3 Å². The molecule has 2 aromatic heterocycles. The molecule has 2 heterocycles. The van der Waals surface area contributed by atoms with Gasteiger partial charge in [-0.25, -0.2) is 0 Å². The molecule has 0 spiro atoms. The summed E-state index contributed by atoms with van der Waals surface area (Å²) in [6.45, 7) is 0. The standard InChI is InChI=1S/C14H12N6O/c15-13-12(19-20-14(16)18-13)11-10(7-4-8-17-11)21-9-5-2-1-3-6-9/h1-8H,(H4,15,16,18,20). The average molecular weight is 280 g/mol. The Morgan fingerprint density at radius 2 is 1.67 bits per heavy atom. The van der Waals surface area contributed by atoms with E-state index in [1.54, 1.807) is 18.3 Å². The van der Waals surface area contributed by atoms with Crippen LogP contribution in [0.1, 0.15) is 0 Å². The van der Waals surface area contributed by atoms with Gasteiger partial charge in [-0.2, -0.15) is 4.98 Å². The summed E-state index contributed by atoms with van der Waals surface area (Å²) >= 11 is 0. The molecule has 0 fully saturated rings. The Hall–Kier alpha value is -3.22. The zero-order valence-electron chi connectivity index (χ0n) is 11.0. The maximum Gasteiger partial charge on any atom is 0.242 e. The summed E-state index contributed by atoms with van der Waals surface area (Å²) in [5.41, 5.74) is 12.1. The number of anilines is 2. The van der Waals surface area contributed by atoms with Crippen molar-refractivity contribution in [3.63, 3.8) is 0 Å². The maximum atomic E-state index is 5.83. The van der Waals surface area contributed by atoms with E-state index in [9.17, 15) is 0 Å². The molecule has 3 aromatic rings. The molecule has 7 nitrogen and oxygen atoms in total. The number of nitrogens with two attached hydrogens (primary N) is 2. The van der Waals surface area contributed by atoms with Crippen molar-refractivity contribution in [3.8, 4) is 22.9 Å². The molecule has 0 atom stereocenters. The van der Waals surface area contributed by atoms with Crippen LogP contribution in [0.5, 0.6) is 11.5 Å².